The number of pyridine rings is 1. The van der Waals surface area contributed by atoms with Crippen molar-refractivity contribution in [3.05, 3.63) is 42.6 Å². The third-order valence-electron chi connectivity index (χ3n) is 8.22. The van der Waals surface area contributed by atoms with E-state index in [2.05, 4.69) is 54.1 Å². The molecule has 0 saturated carbocycles. The molecule has 1 aromatic carbocycles. The summed E-state index contributed by atoms with van der Waals surface area (Å²) in [6, 6.07) is 12.7. The van der Waals surface area contributed by atoms with Gasteiger partial charge in [0.1, 0.15) is 13.2 Å². The second-order valence-electron chi connectivity index (χ2n) is 12.0. The highest BCUT2D eigenvalue weighted by molar-refractivity contribution is 8.00. The van der Waals surface area contributed by atoms with Crippen LogP contribution in [0.2, 0.25) is 0 Å². The SMILES string of the molecule is CCCCCCCCCCCCCCCCOCC1(COC(=O)CCCC[n+]2cccc3ccccc32)CSC1. The van der Waals surface area contributed by atoms with Crippen LogP contribution in [0.5, 0.6) is 0 Å². The Bertz CT molecular complexity index is 940. The van der Waals surface area contributed by atoms with Crippen LogP contribution >= 0.6 is 11.8 Å². The van der Waals surface area contributed by atoms with E-state index in [1.54, 1.807) is 0 Å². The number of aryl methyl sites for hydroxylation is 1. The Morgan fingerprint density at radius 3 is 2.05 bits per heavy atom. The first-order chi connectivity index (χ1) is 19.7. The van der Waals surface area contributed by atoms with Crippen LogP contribution in [0.4, 0.5) is 0 Å². The first-order valence-electron chi connectivity index (χ1n) is 16.4. The van der Waals surface area contributed by atoms with Crippen molar-refractivity contribution >= 4 is 28.6 Å². The van der Waals surface area contributed by atoms with Gasteiger partial charge < -0.3 is 9.47 Å². The minimum absolute atomic E-state index is 0.0368. The van der Waals surface area contributed by atoms with Crippen LogP contribution in [0.15, 0.2) is 42.6 Å². The van der Waals surface area contributed by atoms with Gasteiger partial charge in [-0.25, -0.2) is 0 Å². The molecule has 1 aromatic heterocycles. The molecule has 2 heterocycles. The summed E-state index contributed by atoms with van der Waals surface area (Å²) in [6.45, 7) is 5.28. The number of hydrogen-bond acceptors (Lipinski definition) is 4. The molecule has 0 radical (unpaired) electrons. The van der Waals surface area contributed by atoms with Gasteiger partial charge >= 0.3 is 5.97 Å². The van der Waals surface area contributed by atoms with Crippen molar-refractivity contribution in [1.29, 1.82) is 0 Å². The third kappa shape index (κ3) is 12.9. The van der Waals surface area contributed by atoms with E-state index in [-0.39, 0.29) is 11.4 Å². The summed E-state index contributed by atoms with van der Waals surface area (Å²) in [4.78, 5) is 12.4. The first kappa shape index (κ1) is 32.9. The van der Waals surface area contributed by atoms with E-state index < -0.39 is 0 Å². The fraction of sp³-hybridized carbons (Fsp3) is 0.714. The number of nitrogens with zero attached hydrogens (tertiary/aromatic N) is 1. The fourth-order valence-electron chi connectivity index (χ4n) is 5.56. The molecule has 1 aliphatic heterocycles. The molecule has 1 fully saturated rings. The van der Waals surface area contributed by atoms with Crippen LogP contribution in [-0.2, 0) is 20.8 Å². The van der Waals surface area contributed by atoms with Gasteiger partial charge in [0.15, 0.2) is 6.20 Å². The lowest BCUT2D eigenvalue weighted by molar-refractivity contribution is -0.671. The summed E-state index contributed by atoms with van der Waals surface area (Å²) in [5, 5.41) is 1.25. The van der Waals surface area contributed by atoms with Crippen molar-refractivity contribution in [2.24, 2.45) is 5.41 Å². The van der Waals surface area contributed by atoms with E-state index in [9.17, 15) is 4.79 Å². The van der Waals surface area contributed by atoms with E-state index >= 15 is 0 Å². The number of unbranched alkanes of at least 4 members (excludes halogenated alkanes) is 14. The smallest absolute Gasteiger partial charge is 0.305 e. The van der Waals surface area contributed by atoms with Crippen molar-refractivity contribution in [2.45, 2.75) is 123 Å². The normalized spacial score (nSPS) is 14.3. The lowest BCUT2D eigenvalue weighted by Crippen LogP contribution is -2.45. The van der Waals surface area contributed by atoms with Crippen molar-refractivity contribution in [1.82, 2.24) is 0 Å². The highest BCUT2D eigenvalue weighted by Gasteiger charge is 2.39. The van der Waals surface area contributed by atoms with Crippen LogP contribution in [0.3, 0.4) is 0 Å². The van der Waals surface area contributed by atoms with E-state index in [0.29, 0.717) is 13.0 Å². The molecular formula is C35H56NO3S+. The molecule has 0 amide bonds. The molecule has 3 rings (SSSR count). The maximum atomic E-state index is 12.4. The average molecular weight is 571 g/mol. The highest BCUT2D eigenvalue weighted by atomic mass is 32.2. The largest absolute Gasteiger partial charge is 0.465 e. The number of para-hydroxylation sites is 1. The molecule has 40 heavy (non-hydrogen) atoms. The highest BCUT2D eigenvalue weighted by Crippen LogP contribution is 2.38. The zero-order chi connectivity index (χ0) is 28.1. The zero-order valence-electron chi connectivity index (χ0n) is 25.4. The number of carbonyl (C=O) groups excluding carboxylic acids is 1. The van der Waals surface area contributed by atoms with Crippen LogP contribution in [-0.4, -0.2) is 37.3 Å². The molecule has 4 nitrogen and oxygen atoms in total. The van der Waals surface area contributed by atoms with E-state index in [1.165, 1.54) is 94.4 Å². The van der Waals surface area contributed by atoms with Crippen molar-refractivity contribution in [2.75, 3.05) is 31.3 Å². The van der Waals surface area contributed by atoms with Gasteiger partial charge in [0.25, 0.3) is 0 Å². The molecule has 1 saturated heterocycles. The minimum atomic E-state index is -0.0637. The summed E-state index contributed by atoms with van der Waals surface area (Å²) >= 11 is 1.93. The fourth-order valence-corrected chi connectivity index (χ4v) is 6.67. The van der Waals surface area contributed by atoms with Gasteiger partial charge in [-0.05, 0) is 25.0 Å². The Morgan fingerprint density at radius 2 is 1.40 bits per heavy atom. The molecule has 0 unspecified atom stereocenters. The topological polar surface area (TPSA) is 39.4 Å². The molecule has 1 aliphatic rings. The van der Waals surface area contributed by atoms with Crippen molar-refractivity contribution in [3.8, 4) is 0 Å². The summed E-state index contributed by atoms with van der Waals surface area (Å²) < 4.78 is 14.0. The molecule has 0 atom stereocenters. The predicted octanol–water partition coefficient (Wildman–Crippen LogP) is 9.07. The minimum Gasteiger partial charge on any atom is -0.465 e. The Morgan fingerprint density at radius 1 is 0.775 bits per heavy atom. The van der Waals surface area contributed by atoms with Gasteiger partial charge in [0, 0.05) is 53.9 Å². The maximum Gasteiger partial charge on any atom is 0.305 e. The van der Waals surface area contributed by atoms with Gasteiger partial charge in [-0.2, -0.15) is 16.3 Å². The first-order valence-corrected chi connectivity index (χ1v) is 17.6. The molecule has 2 aromatic rings. The number of carbonyl (C=O) groups is 1. The number of rotatable bonds is 24. The van der Waals surface area contributed by atoms with Gasteiger partial charge in [-0.15, -0.1) is 0 Å². The number of esters is 1. The third-order valence-corrected chi connectivity index (χ3v) is 9.86. The lowest BCUT2D eigenvalue weighted by Gasteiger charge is -2.40. The maximum absolute atomic E-state index is 12.4. The zero-order valence-corrected chi connectivity index (χ0v) is 26.2. The molecule has 5 heteroatoms. The van der Waals surface area contributed by atoms with Crippen LogP contribution < -0.4 is 4.57 Å². The van der Waals surface area contributed by atoms with Gasteiger partial charge in [0.2, 0.25) is 5.52 Å². The second-order valence-corrected chi connectivity index (χ2v) is 13.0. The van der Waals surface area contributed by atoms with Crippen LogP contribution in [0.25, 0.3) is 10.9 Å². The quantitative estimate of drug-likeness (QED) is 0.0717. The Hall–Kier alpha value is -1.59. The molecule has 0 N–H and O–H groups in total. The predicted molar refractivity (Wildman–Crippen MR) is 170 cm³/mol. The summed E-state index contributed by atoms with van der Waals surface area (Å²) in [5.74, 6) is 2.01. The number of fused-ring (bicyclic) bond motifs is 1. The average Bonchev–Trinajstić information content (AvgIpc) is 2.96. The van der Waals surface area contributed by atoms with Crippen molar-refractivity contribution in [3.63, 3.8) is 0 Å². The Labute approximate surface area is 249 Å². The van der Waals surface area contributed by atoms with Gasteiger partial charge in [-0.3, -0.25) is 4.79 Å². The van der Waals surface area contributed by atoms with E-state index in [1.807, 2.05) is 11.8 Å². The summed E-state index contributed by atoms with van der Waals surface area (Å²) in [6.07, 6.45) is 23.7. The second kappa shape index (κ2) is 20.3. The monoisotopic (exact) mass is 570 g/mol. The van der Waals surface area contributed by atoms with Gasteiger partial charge in [-0.1, -0.05) is 103 Å². The molecular weight excluding hydrogens is 514 g/mol. The van der Waals surface area contributed by atoms with E-state index in [0.717, 1.165) is 50.5 Å². The van der Waals surface area contributed by atoms with Crippen LogP contribution in [0.1, 0.15) is 116 Å². The summed E-state index contributed by atoms with van der Waals surface area (Å²) in [7, 11) is 0. The van der Waals surface area contributed by atoms with Crippen LogP contribution in [0, 0.1) is 5.41 Å². The Balaban J connectivity index is 1.13. The number of benzene rings is 1. The molecule has 0 bridgehead atoms. The standard InChI is InChI=1S/C35H56NO3S/c1-2-3-4-5-6-7-8-9-10-11-12-13-14-19-27-38-28-35(30-40-31-35)29-39-34(37)24-17-18-25-36-26-20-22-32-21-15-16-23-33(32)36/h15-16,20-23,26H,2-14,17-19,24-25,27-31H2,1H3/q+1. The van der Waals surface area contributed by atoms with Gasteiger partial charge in [0.05, 0.1) is 6.61 Å². The number of aromatic nitrogens is 1. The molecule has 0 aliphatic carbocycles. The van der Waals surface area contributed by atoms with Crippen molar-refractivity contribution < 1.29 is 18.8 Å². The van der Waals surface area contributed by atoms with E-state index in [4.69, 9.17) is 9.47 Å². The summed E-state index contributed by atoms with van der Waals surface area (Å²) in [5.41, 5.74) is 1.28. The Kier molecular flexibility index (Phi) is 16.7. The number of thioether (sulfide) groups is 1. The molecule has 0 spiro atoms. The molecule has 224 valence electrons. The lowest BCUT2D eigenvalue weighted by atomic mass is 9.94. The number of hydrogen-bond donors (Lipinski definition) is 0. The number of ether oxygens (including phenoxy) is 2.